The Morgan fingerprint density at radius 1 is 1.45 bits per heavy atom. The molecule has 0 fully saturated rings. The van der Waals surface area contributed by atoms with Crippen molar-refractivity contribution >= 4 is 24.1 Å². The molecule has 1 aromatic carbocycles. The van der Waals surface area contributed by atoms with Crippen molar-refractivity contribution in [1.82, 2.24) is 10.3 Å². The number of aryl methyl sites for hydroxylation is 1. The van der Waals surface area contributed by atoms with Gasteiger partial charge in [-0.25, -0.2) is 10.4 Å². The fraction of sp³-hybridized carbons (Fsp3) is 0.133. The fourth-order valence-electron chi connectivity index (χ4n) is 1.85. The summed E-state index contributed by atoms with van der Waals surface area (Å²) in [7, 11) is 0. The summed E-state index contributed by atoms with van der Waals surface area (Å²) in [5.74, 6) is 0.516. The highest BCUT2D eigenvalue weighted by atomic mass is 16.1. The van der Waals surface area contributed by atoms with Crippen molar-refractivity contribution in [2.75, 3.05) is 0 Å². The van der Waals surface area contributed by atoms with Gasteiger partial charge in [-0.15, -0.1) is 0 Å². The van der Waals surface area contributed by atoms with Crippen molar-refractivity contribution < 1.29 is 4.79 Å². The molecule has 5 nitrogen and oxygen atoms in total. The summed E-state index contributed by atoms with van der Waals surface area (Å²) in [4.78, 5) is 17.0. The molecule has 0 radical (unpaired) electrons. The second-order valence-electron chi connectivity index (χ2n) is 4.36. The van der Waals surface area contributed by atoms with E-state index in [1.165, 1.54) is 6.08 Å². The van der Waals surface area contributed by atoms with E-state index in [1.54, 1.807) is 11.1 Å². The van der Waals surface area contributed by atoms with Crippen LogP contribution in [0.2, 0.25) is 0 Å². The minimum Gasteiger partial charge on any atom is -0.298 e. The lowest BCUT2D eigenvalue weighted by Gasteiger charge is -2.28. The second kappa shape index (κ2) is 5.97. The van der Waals surface area contributed by atoms with Crippen molar-refractivity contribution in [3.05, 3.63) is 53.9 Å². The molecule has 102 valence electrons. The second-order valence-corrected chi connectivity index (χ2v) is 4.36. The van der Waals surface area contributed by atoms with E-state index in [2.05, 4.69) is 22.1 Å². The third kappa shape index (κ3) is 2.83. The Morgan fingerprint density at radius 3 is 2.90 bits per heavy atom. The predicted octanol–water partition coefficient (Wildman–Crippen LogP) is 2.49. The highest BCUT2D eigenvalue weighted by molar-refractivity contribution is 5.96. The Hall–Kier alpha value is -2.69. The van der Waals surface area contributed by atoms with Crippen molar-refractivity contribution in [3.8, 4) is 0 Å². The van der Waals surface area contributed by atoms with E-state index in [1.807, 2.05) is 38.1 Å². The first-order valence-corrected chi connectivity index (χ1v) is 6.18. The maximum Gasteiger partial charge on any atom is 0.229 e. The van der Waals surface area contributed by atoms with E-state index < -0.39 is 0 Å². The maximum atomic E-state index is 10.7. The molecule has 5 heteroatoms. The van der Waals surface area contributed by atoms with Crippen LogP contribution < -0.4 is 5.43 Å². The molecule has 1 aliphatic heterocycles. The molecule has 0 saturated heterocycles. The molecule has 1 heterocycles. The van der Waals surface area contributed by atoms with Gasteiger partial charge < -0.3 is 0 Å². The zero-order valence-electron chi connectivity index (χ0n) is 11.5. The van der Waals surface area contributed by atoms with Crippen LogP contribution in [0.4, 0.5) is 5.69 Å². The summed E-state index contributed by atoms with van der Waals surface area (Å²) in [6, 6.07) is 7.78. The number of carbonyl (C=O) groups is 1. The topological polar surface area (TPSA) is 57.1 Å². The number of guanidine groups is 1. The van der Waals surface area contributed by atoms with Gasteiger partial charge in [0, 0.05) is 5.70 Å². The zero-order chi connectivity index (χ0) is 14.5. The lowest BCUT2D eigenvalue weighted by Crippen LogP contribution is -2.40. The normalized spacial score (nSPS) is 17.3. The fourth-order valence-corrected chi connectivity index (χ4v) is 1.85. The molecule has 1 aromatic rings. The van der Waals surface area contributed by atoms with Crippen molar-refractivity contribution in [2.24, 2.45) is 10.1 Å². The monoisotopic (exact) mass is 268 g/mol. The van der Waals surface area contributed by atoms with Gasteiger partial charge in [0.1, 0.15) is 6.29 Å². The zero-order valence-corrected chi connectivity index (χ0v) is 11.5. The predicted molar refractivity (Wildman–Crippen MR) is 80.7 cm³/mol. The average Bonchev–Trinajstić information content (AvgIpc) is 2.42. The Bertz CT molecular complexity index is 629. The standard InChI is InChI=1S/C15H16N4O/c1-11-6-4-5-7-14(11)17-15-18-16-10-13(3)19(15)12(2)8-9-20/h4-10H,3H2,1-2H3,(H,17,18)/b12-8+. The molecule has 1 aliphatic rings. The van der Waals surface area contributed by atoms with Gasteiger partial charge in [0.25, 0.3) is 0 Å². The molecule has 0 aromatic heterocycles. The Labute approximate surface area is 118 Å². The van der Waals surface area contributed by atoms with Crippen LogP contribution in [0.5, 0.6) is 0 Å². The van der Waals surface area contributed by atoms with Gasteiger partial charge >= 0.3 is 0 Å². The number of hydrazone groups is 1. The van der Waals surface area contributed by atoms with Gasteiger partial charge in [-0.3, -0.25) is 9.69 Å². The summed E-state index contributed by atoms with van der Waals surface area (Å²) in [6.07, 6.45) is 3.78. The lowest BCUT2D eigenvalue weighted by molar-refractivity contribution is -0.104. The van der Waals surface area contributed by atoms with Gasteiger partial charge in [-0.05, 0) is 31.6 Å². The summed E-state index contributed by atoms with van der Waals surface area (Å²) in [5.41, 5.74) is 6.10. The minimum absolute atomic E-state index is 0.516. The lowest BCUT2D eigenvalue weighted by atomic mass is 10.2. The SMILES string of the molecule is C=C1C=NNC(=Nc2ccccc2C)N1/C(C)=C/C=O. The van der Waals surface area contributed by atoms with Gasteiger partial charge in [0.15, 0.2) is 0 Å². The van der Waals surface area contributed by atoms with E-state index in [9.17, 15) is 4.79 Å². The Kier molecular flexibility index (Phi) is 4.10. The van der Waals surface area contributed by atoms with E-state index in [-0.39, 0.29) is 0 Å². The number of rotatable bonds is 3. The number of aldehydes is 1. The number of hydrogen-bond donors (Lipinski definition) is 1. The van der Waals surface area contributed by atoms with E-state index in [0.29, 0.717) is 11.7 Å². The molecule has 20 heavy (non-hydrogen) atoms. The molecule has 0 saturated carbocycles. The molecule has 0 amide bonds. The minimum atomic E-state index is 0.516. The third-order valence-corrected chi connectivity index (χ3v) is 2.88. The van der Waals surface area contributed by atoms with Crippen LogP contribution in [0.15, 0.2) is 58.4 Å². The number of hydrogen-bond acceptors (Lipinski definition) is 3. The number of para-hydroxylation sites is 1. The van der Waals surface area contributed by atoms with Gasteiger partial charge in [-0.2, -0.15) is 5.10 Å². The van der Waals surface area contributed by atoms with Crippen LogP contribution in [0.3, 0.4) is 0 Å². The van der Waals surface area contributed by atoms with Crippen LogP contribution in [0.25, 0.3) is 0 Å². The van der Waals surface area contributed by atoms with Crippen molar-refractivity contribution in [1.29, 1.82) is 0 Å². The summed E-state index contributed by atoms with van der Waals surface area (Å²) in [6.45, 7) is 7.71. The Morgan fingerprint density at radius 2 is 2.20 bits per heavy atom. The molecule has 0 bridgehead atoms. The quantitative estimate of drug-likeness (QED) is 0.677. The molecule has 0 aliphatic carbocycles. The number of allylic oxidation sites excluding steroid dienone is 3. The van der Waals surface area contributed by atoms with E-state index in [0.717, 1.165) is 23.2 Å². The maximum absolute atomic E-state index is 10.7. The van der Waals surface area contributed by atoms with Crippen LogP contribution >= 0.6 is 0 Å². The smallest absolute Gasteiger partial charge is 0.229 e. The summed E-state index contributed by atoms with van der Waals surface area (Å²) < 4.78 is 0. The number of benzene rings is 1. The highest BCUT2D eigenvalue weighted by Crippen LogP contribution is 2.20. The number of nitrogens with zero attached hydrogens (tertiary/aromatic N) is 3. The molecular weight excluding hydrogens is 252 g/mol. The number of carbonyl (C=O) groups excluding carboxylic acids is 1. The van der Waals surface area contributed by atoms with Crippen LogP contribution in [-0.4, -0.2) is 23.4 Å². The van der Waals surface area contributed by atoms with Crippen molar-refractivity contribution in [2.45, 2.75) is 13.8 Å². The molecule has 2 rings (SSSR count). The van der Waals surface area contributed by atoms with E-state index in [4.69, 9.17) is 0 Å². The summed E-state index contributed by atoms with van der Waals surface area (Å²) >= 11 is 0. The van der Waals surface area contributed by atoms with E-state index >= 15 is 0 Å². The first-order valence-electron chi connectivity index (χ1n) is 6.18. The molecule has 0 spiro atoms. The average molecular weight is 268 g/mol. The molecular formula is C15H16N4O. The molecule has 0 atom stereocenters. The summed E-state index contributed by atoms with van der Waals surface area (Å²) in [5, 5.41) is 4.00. The van der Waals surface area contributed by atoms with Crippen LogP contribution in [-0.2, 0) is 4.79 Å². The van der Waals surface area contributed by atoms with Crippen molar-refractivity contribution in [3.63, 3.8) is 0 Å². The first-order chi connectivity index (χ1) is 9.63. The van der Waals surface area contributed by atoms with Gasteiger partial charge in [0.05, 0.1) is 17.6 Å². The van der Waals surface area contributed by atoms with Crippen LogP contribution in [0, 0.1) is 6.92 Å². The number of aliphatic imine (C=N–C) groups is 1. The molecule has 0 unspecified atom stereocenters. The largest absolute Gasteiger partial charge is 0.298 e. The third-order valence-electron chi connectivity index (χ3n) is 2.88. The van der Waals surface area contributed by atoms with Gasteiger partial charge in [0.2, 0.25) is 5.96 Å². The first kappa shape index (κ1) is 13.7. The highest BCUT2D eigenvalue weighted by Gasteiger charge is 2.19. The van der Waals surface area contributed by atoms with Gasteiger partial charge in [-0.1, -0.05) is 24.8 Å². The Balaban J connectivity index is 2.45. The molecule has 1 N–H and O–H groups in total. The van der Waals surface area contributed by atoms with Crippen LogP contribution in [0.1, 0.15) is 12.5 Å². The number of nitrogens with one attached hydrogen (secondary N) is 1.